The minimum absolute atomic E-state index is 0.103. The number of aliphatic hydroxyl groups excluding tert-OH is 1. The Morgan fingerprint density at radius 3 is 0.789 bits per heavy atom. The zero-order chi connectivity index (χ0) is 66.8. The molecule has 3 unspecified atom stereocenters. The summed E-state index contributed by atoms with van der Waals surface area (Å²) in [4.78, 5) is 72.5. The summed E-state index contributed by atoms with van der Waals surface area (Å²) in [6, 6.07) is 0. The Bertz CT molecular complexity index is 1780. The van der Waals surface area contributed by atoms with E-state index in [4.69, 9.17) is 37.0 Å². The molecule has 0 saturated heterocycles. The smallest absolute Gasteiger partial charge is 0.462 e. The number of rotatable bonds is 68. The maximum Gasteiger partial charge on any atom is 0.472 e. The van der Waals surface area contributed by atoms with Gasteiger partial charge in [-0.2, -0.15) is 0 Å². The summed E-state index contributed by atoms with van der Waals surface area (Å²) in [6.07, 6.45) is 43.2. The van der Waals surface area contributed by atoms with Gasteiger partial charge in [0, 0.05) is 25.7 Å². The molecule has 6 atom stereocenters. The average Bonchev–Trinajstić information content (AvgIpc) is 3.71. The average molecular weight is 1330 g/mol. The quantitative estimate of drug-likeness (QED) is 0.0222. The van der Waals surface area contributed by atoms with E-state index in [-0.39, 0.29) is 25.7 Å². The first-order valence-electron chi connectivity index (χ1n) is 36.7. The van der Waals surface area contributed by atoms with Crippen molar-refractivity contribution in [3.63, 3.8) is 0 Å². The topological polar surface area (TPSA) is 237 Å². The van der Waals surface area contributed by atoms with E-state index in [1.54, 1.807) is 0 Å². The molecule has 19 heteroatoms. The van der Waals surface area contributed by atoms with E-state index in [0.717, 1.165) is 114 Å². The minimum Gasteiger partial charge on any atom is -0.462 e. The van der Waals surface area contributed by atoms with Crippen LogP contribution in [-0.4, -0.2) is 96.7 Å². The van der Waals surface area contributed by atoms with E-state index < -0.39 is 97.5 Å². The molecular formula is C71H138O17P2. The molecule has 0 spiro atoms. The monoisotopic (exact) mass is 1320 g/mol. The maximum absolute atomic E-state index is 13.0. The fourth-order valence-corrected chi connectivity index (χ4v) is 12.2. The molecule has 0 fully saturated rings. The van der Waals surface area contributed by atoms with Crippen molar-refractivity contribution in [3.8, 4) is 0 Å². The minimum atomic E-state index is -4.95. The van der Waals surface area contributed by atoms with Crippen LogP contribution in [0.2, 0.25) is 0 Å². The molecule has 0 aromatic heterocycles. The number of carbonyl (C=O) groups is 4. The number of ether oxygens (including phenoxy) is 4. The van der Waals surface area contributed by atoms with Crippen LogP contribution in [0.5, 0.6) is 0 Å². The van der Waals surface area contributed by atoms with Crippen molar-refractivity contribution < 1.29 is 80.2 Å². The molecule has 0 saturated carbocycles. The Kier molecular flexibility index (Phi) is 59.4. The first-order chi connectivity index (χ1) is 43.1. The Morgan fingerprint density at radius 1 is 0.311 bits per heavy atom. The summed E-state index contributed by atoms with van der Waals surface area (Å²) in [5, 5.41) is 10.6. The fourth-order valence-electron chi connectivity index (χ4n) is 10.6. The lowest BCUT2D eigenvalue weighted by Gasteiger charge is -2.21. The van der Waals surface area contributed by atoms with Crippen LogP contribution >= 0.6 is 15.6 Å². The normalized spacial score (nSPS) is 14.6. The van der Waals surface area contributed by atoms with E-state index in [9.17, 15) is 43.2 Å². The Hall–Kier alpha value is -1.94. The first-order valence-corrected chi connectivity index (χ1v) is 39.7. The largest absolute Gasteiger partial charge is 0.472 e. The van der Waals surface area contributed by atoms with Crippen molar-refractivity contribution in [2.24, 2.45) is 23.7 Å². The molecule has 3 N–H and O–H groups in total. The lowest BCUT2D eigenvalue weighted by molar-refractivity contribution is -0.161. The van der Waals surface area contributed by atoms with Crippen molar-refractivity contribution in [1.29, 1.82) is 0 Å². The lowest BCUT2D eigenvalue weighted by Crippen LogP contribution is -2.30. The van der Waals surface area contributed by atoms with Gasteiger partial charge < -0.3 is 33.8 Å². The molecule has 0 aliphatic carbocycles. The van der Waals surface area contributed by atoms with Gasteiger partial charge in [-0.1, -0.05) is 299 Å². The predicted octanol–water partition coefficient (Wildman–Crippen LogP) is 20.1. The second-order valence-corrected chi connectivity index (χ2v) is 30.2. The van der Waals surface area contributed by atoms with Gasteiger partial charge in [0.1, 0.15) is 19.3 Å². The number of hydrogen-bond acceptors (Lipinski definition) is 15. The highest BCUT2D eigenvalue weighted by molar-refractivity contribution is 7.47. The van der Waals surface area contributed by atoms with Gasteiger partial charge in [-0.15, -0.1) is 0 Å². The molecule has 90 heavy (non-hydrogen) atoms. The van der Waals surface area contributed by atoms with Crippen LogP contribution in [0.25, 0.3) is 0 Å². The Morgan fingerprint density at radius 2 is 0.533 bits per heavy atom. The highest BCUT2D eigenvalue weighted by atomic mass is 31.2. The third-order valence-electron chi connectivity index (χ3n) is 16.7. The summed E-state index contributed by atoms with van der Waals surface area (Å²) in [7, 11) is -9.90. The van der Waals surface area contributed by atoms with Crippen LogP contribution in [0.3, 0.4) is 0 Å². The standard InChI is InChI=1S/C71H138O17P2/c1-9-64(8)50-42-34-29-30-36-44-52-69(74)82-58-67(87-70(75)53-45-37-27-21-15-13-11-10-12-14-18-23-31-39-47-61(2)3)60-86-90(79,80)84-56-65(72)55-83-89(77,78)85-59-66(88-71(76)54-46-38-28-22-25-33-41-49-63(6)7)57-81-68(73)51-43-35-26-20-17-16-19-24-32-40-48-62(4)5/h61-67,72H,9-60H2,1-8H3,(H,77,78)(H,79,80)/t64?,65-,66-,67-/m1/s1. The lowest BCUT2D eigenvalue weighted by atomic mass is 10.00. The number of carbonyl (C=O) groups excluding carboxylic acids is 4. The predicted molar refractivity (Wildman–Crippen MR) is 363 cm³/mol. The van der Waals surface area contributed by atoms with E-state index in [0.29, 0.717) is 31.6 Å². The number of esters is 4. The molecule has 0 rings (SSSR count). The van der Waals surface area contributed by atoms with Crippen LogP contribution in [0, 0.1) is 23.7 Å². The van der Waals surface area contributed by atoms with E-state index in [2.05, 4.69) is 55.4 Å². The van der Waals surface area contributed by atoms with Gasteiger partial charge in [-0.25, -0.2) is 9.13 Å². The molecule has 0 bridgehead atoms. The summed E-state index contributed by atoms with van der Waals surface area (Å²) in [6.45, 7) is 14.1. The second-order valence-electron chi connectivity index (χ2n) is 27.3. The molecule has 0 amide bonds. The maximum atomic E-state index is 13.0. The Balaban J connectivity index is 5.22. The van der Waals surface area contributed by atoms with Crippen molar-refractivity contribution in [1.82, 2.24) is 0 Å². The molecule has 0 aliphatic rings. The molecule has 0 aliphatic heterocycles. The van der Waals surface area contributed by atoms with Gasteiger partial charge in [-0.05, 0) is 49.4 Å². The van der Waals surface area contributed by atoms with Crippen LogP contribution in [-0.2, 0) is 65.4 Å². The third-order valence-corrected chi connectivity index (χ3v) is 18.6. The molecule has 0 radical (unpaired) electrons. The van der Waals surface area contributed by atoms with E-state index in [1.807, 2.05) is 0 Å². The molecule has 0 heterocycles. The summed E-state index contributed by atoms with van der Waals surface area (Å²) in [5.41, 5.74) is 0. The number of unbranched alkanes of at least 4 members (excludes halogenated alkanes) is 33. The molecule has 0 aromatic rings. The molecule has 534 valence electrons. The van der Waals surface area contributed by atoms with Crippen molar-refractivity contribution in [2.75, 3.05) is 39.6 Å². The second kappa shape index (κ2) is 60.7. The summed E-state index contributed by atoms with van der Waals surface area (Å²) in [5.74, 6) is 0.850. The zero-order valence-electron chi connectivity index (χ0n) is 58.8. The van der Waals surface area contributed by atoms with Crippen LogP contribution < -0.4 is 0 Å². The number of phosphoric ester groups is 2. The van der Waals surface area contributed by atoms with Gasteiger partial charge in [0.05, 0.1) is 26.4 Å². The highest BCUT2D eigenvalue weighted by Crippen LogP contribution is 2.45. The third kappa shape index (κ3) is 63.5. The van der Waals surface area contributed by atoms with Gasteiger partial charge in [0.25, 0.3) is 0 Å². The summed E-state index contributed by atoms with van der Waals surface area (Å²) >= 11 is 0. The highest BCUT2D eigenvalue weighted by Gasteiger charge is 2.30. The van der Waals surface area contributed by atoms with E-state index >= 15 is 0 Å². The SMILES string of the molecule is CCC(C)CCCCCCCCC(=O)OC[C@H](COP(=O)(O)OC[C@H](O)COP(=O)(O)OC[C@@H](COC(=O)CCCCCCCCCCCCC(C)C)OC(=O)CCCCCCCCCC(C)C)OC(=O)CCCCCCCCCCCCCCCCC(C)C. The molecule has 17 nitrogen and oxygen atoms in total. The van der Waals surface area contributed by atoms with Crippen LogP contribution in [0.4, 0.5) is 0 Å². The van der Waals surface area contributed by atoms with Gasteiger partial charge in [0.2, 0.25) is 0 Å². The van der Waals surface area contributed by atoms with Crippen molar-refractivity contribution >= 4 is 39.5 Å². The van der Waals surface area contributed by atoms with E-state index in [1.165, 1.54) is 148 Å². The fraction of sp³-hybridized carbons (Fsp3) is 0.944. The Labute approximate surface area is 549 Å². The summed E-state index contributed by atoms with van der Waals surface area (Å²) < 4.78 is 68.3. The van der Waals surface area contributed by atoms with Crippen LogP contribution in [0.15, 0.2) is 0 Å². The first kappa shape index (κ1) is 88.1. The number of aliphatic hydroxyl groups is 1. The number of hydrogen-bond donors (Lipinski definition) is 3. The van der Waals surface area contributed by atoms with Gasteiger partial charge in [0.15, 0.2) is 12.2 Å². The van der Waals surface area contributed by atoms with Crippen molar-refractivity contribution in [2.45, 2.75) is 369 Å². The molecule has 0 aromatic carbocycles. The van der Waals surface area contributed by atoms with Crippen LogP contribution in [0.1, 0.15) is 351 Å². The zero-order valence-corrected chi connectivity index (χ0v) is 60.6. The van der Waals surface area contributed by atoms with Gasteiger partial charge in [-0.3, -0.25) is 37.3 Å². The molecular weight excluding hydrogens is 1190 g/mol. The number of phosphoric acid groups is 2. The van der Waals surface area contributed by atoms with Gasteiger partial charge >= 0.3 is 39.5 Å². The van der Waals surface area contributed by atoms with Crippen molar-refractivity contribution in [3.05, 3.63) is 0 Å².